The second-order valence-electron chi connectivity index (χ2n) is 4.10. The monoisotopic (exact) mass is 408 g/mol. The summed E-state index contributed by atoms with van der Waals surface area (Å²) in [6, 6.07) is 7.92. The average Bonchev–Trinajstić information content (AvgIpc) is 2.43. The van der Waals surface area contributed by atoms with Gasteiger partial charge in [0.15, 0.2) is 0 Å². The molecule has 0 bridgehead atoms. The van der Waals surface area contributed by atoms with Gasteiger partial charge in [-0.25, -0.2) is 0 Å². The maximum absolute atomic E-state index is 10.7. The minimum atomic E-state index is -0.460. The fraction of sp³-hybridized carbons (Fsp3) is 0.0769. The number of rotatable bonds is 4. The molecule has 110 valence electrons. The molecular formula is C13H8BrCl3N2O2. The molecule has 0 saturated carbocycles. The van der Waals surface area contributed by atoms with E-state index < -0.39 is 4.92 Å². The molecule has 2 aromatic carbocycles. The van der Waals surface area contributed by atoms with Crippen LogP contribution < -0.4 is 5.32 Å². The summed E-state index contributed by atoms with van der Waals surface area (Å²) < 4.78 is 0.390. The number of nitrogens with one attached hydrogen (secondary N) is 1. The van der Waals surface area contributed by atoms with Gasteiger partial charge in [-0.1, -0.05) is 34.8 Å². The van der Waals surface area contributed by atoms with E-state index in [2.05, 4.69) is 21.2 Å². The summed E-state index contributed by atoms with van der Waals surface area (Å²) in [5, 5.41) is 15.1. The summed E-state index contributed by atoms with van der Waals surface area (Å²) in [5.41, 5.74) is 1.36. The first-order valence-electron chi connectivity index (χ1n) is 5.70. The van der Waals surface area contributed by atoms with Gasteiger partial charge in [0.2, 0.25) is 0 Å². The fourth-order valence-electron chi connectivity index (χ4n) is 1.69. The van der Waals surface area contributed by atoms with Crippen LogP contribution in [0, 0.1) is 10.1 Å². The Labute approximate surface area is 144 Å². The summed E-state index contributed by atoms with van der Waals surface area (Å²) in [6.45, 7) is 0.350. The smallest absolute Gasteiger partial charge is 0.283 e. The molecule has 0 amide bonds. The summed E-state index contributed by atoms with van der Waals surface area (Å²) in [5.74, 6) is 0. The van der Waals surface area contributed by atoms with E-state index in [4.69, 9.17) is 34.8 Å². The summed E-state index contributed by atoms with van der Waals surface area (Å²) in [6.07, 6.45) is 0. The van der Waals surface area contributed by atoms with Crippen molar-refractivity contribution >= 4 is 62.1 Å². The molecule has 0 saturated heterocycles. The largest absolute Gasteiger partial charge is 0.381 e. The molecule has 0 atom stereocenters. The van der Waals surface area contributed by atoms with Gasteiger partial charge in [-0.3, -0.25) is 10.1 Å². The van der Waals surface area contributed by atoms with Crippen LogP contribution >= 0.6 is 50.7 Å². The Morgan fingerprint density at radius 1 is 1.14 bits per heavy atom. The molecule has 1 N–H and O–H groups in total. The van der Waals surface area contributed by atoms with Crippen LogP contribution in [0.25, 0.3) is 0 Å². The highest BCUT2D eigenvalue weighted by Gasteiger charge is 2.13. The van der Waals surface area contributed by atoms with E-state index in [1.54, 1.807) is 24.3 Å². The van der Waals surface area contributed by atoms with Gasteiger partial charge in [-0.2, -0.15) is 0 Å². The second kappa shape index (κ2) is 6.83. The number of hydrogen-bond acceptors (Lipinski definition) is 3. The Kier molecular flexibility index (Phi) is 5.32. The summed E-state index contributed by atoms with van der Waals surface area (Å²) in [4.78, 5) is 10.3. The van der Waals surface area contributed by atoms with Crippen molar-refractivity contribution in [2.75, 3.05) is 5.32 Å². The Bertz CT molecular complexity index is 710. The van der Waals surface area contributed by atoms with Crippen molar-refractivity contribution in [2.45, 2.75) is 6.54 Å². The van der Waals surface area contributed by atoms with Crippen molar-refractivity contribution in [1.29, 1.82) is 0 Å². The van der Waals surface area contributed by atoms with Crippen LogP contribution in [-0.2, 0) is 6.54 Å². The predicted octanol–water partition coefficient (Wildman–Crippen LogP) is 5.93. The molecule has 0 radical (unpaired) electrons. The lowest BCUT2D eigenvalue weighted by molar-refractivity contribution is -0.385. The minimum absolute atomic E-state index is 0.000583. The van der Waals surface area contributed by atoms with Gasteiger partial charge in [-0.05, 0) is 40.2 Å². The lowest BCUT2D eigenvalue weighted by Crippen LogP contribution is -2.01. The first-order chi connectivity index (χ1) is 9.90. The third-order valence-electron chi connectivity index (χ3n) is 2.75. The Balaban J connectivity index is 2.19. The molecule has 4 nitrogen and oxygen atoms in total. The average molecular weight is 410 g/mol. The molecule has 0 aliphatic heterocycles. The van der Waals surface area contributed by atoms with Crippen LogP contribution in [0.5, 0.6) is 0 Å². The topological polar surface area (TPSA) is 55.2 Å². The lowest BCUT2D eigenvalue weighted by Gasteiger charge is -2.11. The van der Waals surface area contributed by atoms with Crippen LogP contribution in [-0.4, -0.2) is 4.92 Å². The first-order valence-corrected chi connectivity index (χ1v) is 7.63. The van der Waals surface area contributed by atoms with Gasteiger partial charge in [0.1, 0.15) is 0 Å². The molecule has 0 aliphatic rings. The van der Waals surface area contributed by atoms with E-state index in [-0.39, 0.29) is 5.69 Å². The number of benzene rings is 2. The molecule has 0 spiro atoms. The van der Waals surface area contributed by atoms with Crippen molar-refractivity contribution in [2.24, 2.45) is 0 Å². The molecule has 0 unspecified atom stereocenters. The Morgan fingerprint density at radius 3 is 2.43 bits per heavy atom. The molecule has 0 fully saturated rings. The Morgan fingerprint density at radius 2 is 1.81 bits per heavy atom. The standard InChI is InChI=1S/C13H8BrCl3N2O2/c14-9-5-7(1-4-12(9)19(20)21)18-6-8-10(15)2-3-11(16)13(8)17/h1-5,18H,6H2. The highest BCUT2D eigenvalue weighted by Crippen LogP contribution is 2.33. The van der Waals surface area contributed by atoms with E-state index in [0.717, 1.165) is 0 Å². The van der Waals surface area contributed by atoms with Gasteiger partial charge in [0.25, 0.3) is 5.69 Å². The van der Waals surface area contributed by atoms with E-state index in [1.807, 2.05) is 0 Å². The van der Waals surface area contributed by atoms with Gasteiger partial charge in [-0.15, -0.1) is 0 Å². The molecule has 8 heteroatoms. The minimum Gasteiger partial charge on any atom is -0.381 e. The number of nitro groups is 1. The lowest BCUT2D eigenvalue weighted by atomic mass is 10.2. The normalized spacial score (nSPS) is 10.5. The molecule has 2 aromatic rings. The van der Waals surface area contributed by atoms with E-state index in [1.165, 1.54) is 6.07 Å². The van der Waals surface area contributed by atoms with Crippen LogP contribution in [0.3, 0.4) is 0 Å². The molecule has 0 heterocycles. The van der Waals surface area contributed by atoms with Crippen molar-refractivity contribution in [3.63, 3.8) is 0 Å². The number of nitro benzene ring substituents is 1. The van der Waals surface area contributed by atoms with E-state index in [9.17, 15) is 10.1 Å². The molecule has 2 rings (SSSR count). The maximum atomic E-state index is 10.7. The van der Waals surface area contributed by atoms with Crippen LogP contribution in [0.15, 0.2) is 34.8 Å². The zero-order chi connectivity index (χ0) is 15.6. The molecule has 0 aromatic heterocycles. The number of halogens is 4. The van der Waals surface area contributed by atoms with Gasteiger partial charge >= 0.3 is 0 Å². The van der Waals surface area contributed by atoms with E-state index in [0.29, 0.717) is 37.3 Å². The Hall–Kier alpha value is -1.01. The van der Waals surface area contributed by atoms with Gasteiger partial charge in [0.05, 0.1) is 19.4 Å². The van der Waals surface area contributed by atoms with Crippen molar-refractivity contribution in [1.82, 2.24) is 0 Å². The van der Waals surface area contributed by atoms with Crippen LogP contribution in [0.4, 0.5) is 11.4 Å². The quantitative estimate of drug-likeness (QED) is 0.386. The second-order valence-corrected chi connectivity index (χ2v) is 6.15. The third kappa shape index (κ3) is 3.80. The zero-order valence-electron chi connectivity index (χ0n) is 10.4. The van der Waals surface area contributed by atoms with E-state index >= 15 is 0 Å². The zero-order valence-corrected chi connectivity index (χ0v) is 14.2. The van der Waals surface area contributed by atoms with Gasteiger partial charge < -0.3 is 5.32 Å². The van der Waals surface area contributed by atoms with Gasteiger partial charge in [0, 0.05) is 28.9 Å². The third-order valence-corrected chi connectivity index (χ3v) is 4.59. The molecule has 0 aliphatic carbocycles. The summed E-state index contributed by atoms with van der Waals surface area (Å²) in [7, 11) is 0. The first kappa shape index (κ1) is 16.4. The molecule has 21 heavy (non-hydrogen) atoms. The summed E-state index contributed by atoms with van der Waals surface area (Å²) >= 11 is 21.3. The fourth-order valence-corrected chi connectivity index (χ4v) is 2.89. The number of anilines is 1. The van der Waals surface area contributed by atoms with Crippen LogP contribution in [0.2, 0.25) is 15.1 Å². The maximum Gasteiger partial charge on any atom is 0.283 e. The van der Waals surface area contributed by atoms with Crippen molar-refractivity contribution in [3.8, 4) is 0 Å². The SMILES string of the molecule is O=[N+]([O-])c1ccc(NCc2c(Cl)ccc(Cl)c2Cl)cc1Br. The predicted molar refractivity (Wildman–Crippen MR) is 89.6 cm³/mol. The highest BCUT2D eigenvalue weighted by atomic mass is 79.9. The highest BCUT2D eigenvalue weighted by molar-refractivity contribution is 9.10. The number of nitrogens with zero attached hydrogens (tertiary/aromatic N) is 1. The van der Waals surface area contributed by atoms with Crippen molar-refractivity contribution < 1.29 is 4.92 Å². The van der Waals surface area contributed by atoms with Crippen LogP contribution in [0.1, 0.15) is 5.56 Å². The van der Waals surface area contributed by atoms with Crippen molar-refractivity contribution in [3.05, 3.63) is 65.6 Å². The molecular weight excluding hydrogens is 402 g/mol. The number of hydrogen-bond donors (Lipinski definition) is 1.